The van der Waals surface area contributed by atoms with Crippen molar-refractivity contribution in [2.45, 2.75) is 25.3 Å². The van der Waals surface area contributed by atoms with Gasteiger partial charge in [0.05, 0.1) is 13.2 Å². The molecule has 0 atom stereocenters. The van der Waals surface area contributed by atoms with E-state index in [1.807, 2.05) is 11.0 Å². The van der Waals surface area contributed by atoms with Gasteiger partial charge in [-0.2, -0.15) is 0 Å². The van der Waals surface area contributed by atoms with Gasteiger partial charge in [-0.3, -0.25) is 0 Å². The SMILES string of the molecule is CN1CCC(N(CCc2ccccc2)C(=O)N2CCOCC2)CC1. The third-order valence-corrected chi connectivity index (χ3v) is 5.14. The zero-order valence-corrected chi connectivity index (χ0v) is 14.7. The van der Waals surface area contributed by atoms with E-state index >= 15 is 0 Å². The highest BCUT2D eigenvalue weighted by molar-refractivity contribution is 5.75. The molecular formula is C19H29N3O2. The molecule has 0 bridgehead atoms. The predicted octanol–water partition coefficient (Wildman–Crippen LogP) is 2.08. The number of carbonyl (C=O) groups excluding carboxylic acids is 1. The minimum Gasteiger partial charge on any atom is -0.378 e. The predicted molar refractivity (Wildman–Crippen MR) is 95.2 cm³/mol. The van der Waals surface area contributed by atoms with Gasteiger partial charge in [0.1, 0.15) is 0 Å². The molecule has 0 aliphatic carbocycles. The van der Waals surface area contributed by atoms with Gasteiger partial charge in [-0.15, -0.1) is 0 Å². The van der Waals surface area contributed by atoms with Gasteiger partial charge in [0.2, 0.25) is 0 Å². The zero-order valence-electron chi connectivity index (χ0n) is 14.7. The average Bonchev–Trinajstić information content (AvgIpc) is 2.65. The third kappa shape index (κ3) is 4.48. The van der Waals surface area contributed by atoms with Crippen molar-refractivity contribution in [2.24, 2.45) is 0 Å². The largest absolute Gasteiger partial charge is 0.378 e. The fraction of sp³-hybridized carbons (Fsp3) is 0.632. The maximum atomic E-state index is 13.1. The average molecular weight is 331 g/mol. The molecule has 5 nitrogen and oxygen atoms in total. The van der Waals surface area contributed by atoms with Crippen molar-refractivity contribution in [1.82, 2.24) is 14.7 Å². The van der Waals surface area contributed by atoms with E-state index in [-0.39, 0.29) is 6.03 Å². The highest BCUT2D eigenvalue weighted by Crippen LogP contribution is 2.19. The summed E-state index contributed by atoms with van der Waals surface area (Å²) in [6.07, 6.45) is 3.06. The van der Waals surface area contributed by atoms with Gasteiger partial charge in [-0.25, -0.2) is 4.79 Å². The number of hydrogen-bond acceptors (Lipinski definition) is 3. The fourth-order valence-electron chi connectivity index (χ4n) is 3.57. The van der Waals surface area contributed by atoms with E-state index in [2.05, 4.69) is 41.1 Å². The number of piperidine rings is 1. The van der Waals surface area contributed by atoms with Crippen molar-refractivity contribution in [3.63, 3.8) is 0 Å². The van der Waals surface area contributed by atoms with Crippen LogP contribution in [0.2, 0.25) is 0 Å². The summed E-state index contributed by atoms with van der Waals surface area (Å²) in [6, 6.07) is 11.0. The van der Waals surface area contributed by atoms with Crippen LogP contribution in [0.1, 0.15) is 18.4 Å². The van der Waals surface area contributed by atoms with Crippen LogP contribution in [0.4, 0.5) is 4.79 Å². The van der Waals surface area contributed by atoms with E-state index in [4.69, 9.17) is 4.74 Å². The molecule has 0 N–H and O–H groups in total. The minimum atomic E-state index is 0.198. The minimum absolute atomic E-state index is 0.198. The lowest BCUT2D eigenvalue weighted by Gasteiger charge is -2.40. The van der Waals surface area contributed by atoms with Gasteiger partial charge < -0.3 is 19.4 Å². The Labute approximate surface area is 145 Å². The zero-order chi connectivity index (χ0) is 16.8. The summed E-state index contributed by atoms with van der Waals surface area (Å²) in [5.74, 6) is 0. The second-order valence-corrected chi connectivity index (χ2v) is 6.85. The lowest BCUT2D eigenvalue weighted by Crippen LogP contribution is -2.54. The lowest BCUT2D eigenvalue weighted by molar-refractivity contribution is 0.0350. The summed E-state index contributed by atoms with van der Waals surface area (Å²) >= 11 is 0. The van der Waals surface area contributed by atoms with Crippen LogP contribution in [0.3, 0.4) is 0 Å². The van der Waals surface area contributed by atoms with E-state index in [0.717, 1.165) is 38.9 Å². The number of hydrogen-bond donors (Lipinski definition) is 0. The molecule has 2 aliphatic heterocycles. The molecule has 2 saturated heterocycles. The molecule has 0 spiro atoms. The summed E-state index contributed by atoms with van der Waals surface area (Å²) in [4.78, 5) is 19.5. The Morgan fingerprint density at radius 1 is 1.12 bits per heavy atom. The summed E-state index contributed by atoms with van der Waals surface area (Å²) in [5.41, 5.74) is 1.30. The third-order valence-electron chi connectivity index (χ3n) is 5.14. The Morgan fingerprint density at radius 3 is 2.46 bits per heavy atom. The quantitative estimate of drug-likeness (QED) is 0.847. The number of carbonyl (C=O) groups is 1. The molecule has 132 valence electrons. The second kappa shape index (κ2) is 8.49. The van der Waals surface area contributed by atoms with Crippen LogP contribution < -0.4 is 0 Å². The number of likely N-dealkylation sites (tertiary alicyclic amines) is 1. The Bertz CT molecular complexity index is 509. The van der Waals surface area contributed by atoms with E-state index in [9.17, 15) is 4.79 Å². The summed E-state index contributed by atoms with van der Waals surface area (Å²) in [6.45, 7) is 5.69. The Balaban J connectivity index is 1.66. The summed E-state index contributed by atoms with van der Waals surface area (Å²) < 4.78 is 5.40. The number of morpholine rings is 1. The highest BCUT2D eigenvalue weighted by Gasteiger charge is 2.30. The Hall–Kier alpha value is -1.59. The monoisotopic (exact) mass is 331 g/mol. The smallest absolute Gasteiger partial charge is 0.320 e. The highest BCUT2D eigenvalue weighted by atomic mass is 16.5. The van der Waals surface area contributed by atoms with Crippen LogP contribution in [0.5, 0.6) is 0 Å². The van der Waals surface area contributed by atoms with Crippen LogP contribution in [0.15, 0.2) is 30.3 Å². The first kappa shape index (κ1) is 17.2. The second-order valence-electron chi connectivity index (χ2n) is 6.85. The summed E-state index contributed by atoms with van der Waals surface area (Å²) in [7, 11) is 2.16. The van der Waals surface area contributed by atoms with Gasteiger partial charge in [-0.05, 0) is 45.0 Å². The molecule has 0 aromatic heterocycles. The number of urea groups is 1. The van der Waals surface area contributed by atoms with Crippen LogP contribution in [-0.2, 0) is 11.2 Å². The first-order valence-electron chi connectivity index (χ1n) is 9.10. The number of rotatable bonds is 4. The molecular weight excluding hydrogens is 302 g/mol. The van der Waals surface area contributed by atoms with Gasteiger partial charge in [0, 0.05) is 25.7 Å². The van der Waals surface area contributed by atoms with Crippen molar-refractivity contribution in [1.29, 1.82) is 0 Å². The molecule has 24 heavy (non-hydrogen) atoms. The topological polar surface area (TPSA) is 36.0 Å². The van der Waals surface area contributed by atoms with Gasteiger partial charge in [-0.1, -0.05) is 30.3 Å². The molecule has 1 aromatic rings. The van der Waals surface area contributed by atoms with Crippen molar-refractivity contribution < 1.29 is 9.53 Å². The first-order valence-corrected chi connectivity index (χ1v) is 9.10. The molecule has 2 fully saturated rings. The van der Waals surface area contributed by atoms with Crippen LogP contribution in [0, 0.1) is 0 Å². The first-order chi connectivity index (χ1) is 11.7. The molecule has 1 aromatic carbocycles. The van der Waals surface area contributed by atoms with Gasteiger partial charge >= 0.3 is 6.03 Å². The van der Waals surface area contributed by atoms with Gasteiger partial charge in [0.15, 0.2) is 0 Å². The van der Waals surface area contributed by atoms with Crippen molar-refractivity contribution in [3.05, 3.63) is 35.9 Å². The van der Waals surface area contributed by atoms with Crippen LogP contribution in [-0.4, -0.2) is 79.8 Å². The Morgan fingerprint density at radius 2 is 1.79 bits per heavy atom. The standard InChI is InChI=1S/C19H29N3O2/c1-20-10-8-18(9-11-20)22(12-7-17-5-3-2-4-6-17)19(23)21-13-15-24-16-14-21/h2-6,18H,7-16H2,1H3. The fourth-order valence-corrected chi connectivity index (χ4v) is 3.57. The van der Waals surface area contributed by atoms with Gasteiger partial charge in [0.25, 0.3) is 0 Å². The Kier molecular flexibility index (Phi) is 6.10. The maximum Gasteiger partial charge on any atom is 0.320 e. The molecule has 2 amide bonds. The lowest BCUT2D eigenvalue weighted by atomic mass is 10.0. The van der Waals surface area contributed by atoms with Crippen LogP contribution in [0.25, 0.3) is 0 Å². The van der Waals surface area contributed by atoms with Crippen molar-refractivity contribution >= 4 is 6.03 Å². The summed E-state index contributed by atoms with van der Waals surface area (Å²) in [5, 5.41) is 0. The van der Waals surface area contributed by atoms with E-state index in [1.165, 1.54) is 5.56 Å². The van der Waals surface area contributed by atoms with Crippen LogP contribution >= 0.6 is 0 Å². The number of nitrogens with zero attached hydrogens (tertiary/aromatic N) is 3. The molecule has 2 aliphatic rings. The molecule has 2 heterocycles. The van der Waals surface area contributed by atoms with Crippen molar-refractivity contribution in [3.8, 4) is 0 Å². The molecule has 0 saturated carbocycles. The molecule has 3 rings (SSSR count). The van der Waals surface area contributed by atoms with E-state index < -0.39 is 0 Å². The number of amides is 2. The molecule has 0 unspecified atom stereocenters. The number of ether oxygens (including phenoxy) is 1. The van der Waals surface area contributed by atoms with E-state index in [1.54, 1.807) is 0 Å². The normalized spacial score (nSPS) is 20.1. The van der Waals surface area contributed by atoms with Crippen molar-refractivity contribution in [2.75, 3.05) is 53.0 Å². The molecule has 5 heteroatoms. The maximum absolute atomic E-state index is 13.1. The molecule has 0 radical (unpaired) electrons. The number of benzene rings is 1. The van der Waals surface area contributed by atoms with E-state index in [0.29, 0.717) is 32.3 Å².